The number of rotatable bonds is 4. The monoisotopic (exact) mass is 517 g/mol. The van der Waals surface area contributed by atoms with E-state index in [1.54, 1.807) is 38.5 Å². The lowest BCUT2D eigenvalue weighted by Gasteiger charge is -2.31. The minimum Gasteiger partial charge on any atom is -0.497 e. The number of amides is 2. The number of nitrogens with zero attached hydrogens (tertiary/aromatic N) is 2. The molecule has 0 unspecified atom stereocenters. The van der Waals surface area contributed by atoms with Gasteiger partial charge in [0, 0.05) is 22.7 Å². The molecule has 0 bridgehead atoms. The number of fused-ring (bicyclic) bond motifs is 5. The molecule has 1 N–H and O–H groups in total. The van der Waals surface area contributed by atoms with E-state index in [-0.39, 0.29) is 11.8 Å². The molecule has 6 nitrogen and oxygen atoms in total. The number of aromatic nitrogens is 1. The van der Waals surface area contributed by atoms with Gasteiger partial charge in [-0.3, -0.25) is 0 Å². The Hall–Kier alpha value is -3.78. The van der Waals surface area contributed by atoms with Crippen molar-refractivity contribution in [2.45, 2.75) is 38.3 Å². The summed E-state index contributed by atoms with van der Waals surface area (Å²) in [5.74, 6) is 0.806. The van der Waals surface area contributed by atoms with Crippen LogP contribution in [0.25, 0.3) is 5.00 Å². The number of hydrogen-bond acceptors (Lipinski definition) is 4. The van der Waals surface area contributed by atoms with Crippen LogP contribution in [0.1, 0.15) is 46.1 Å². The van der Waals surface area contributed by atoms with Crippen molar-refractivity contribution in [3.8, 4) is 16.5 Å². The van der Waals surface area contributed by atoms with Gasteiger partial charge in [-0.05, 0) is 73.2 Å². The van der Waals surface area contributed by atoms with E-state index >= 15 is 0 Å². The first-order chi connectivity index (χ1) is 18.1. The predicted octanol–water partition coefficient (Wildman–Crippen LogP) is 6.71. The van der Waals surface area contributed by atoms with E-state index < -0.39 is 6.04 Å². The van der Waals surface area contributed by atoms with Gasteiger partial charge in [0.1, 0.15) is 22.3 Å². The lowest BCUT2D eigenvalue weighted by atomic mass is 9.95. The molecule has 6 rings (SSSR count). The number of urea groups is 1. The number of carbonyl (C=O) groups is 1. The number of ether oxygens (including phenoxy) is 2. The van der Waals surface area contributed by atoms with E-state index in [4.69, 9.17) is 9.47 Å². The lowest BCUT2D eigenvalue weighted by molar-refractivity contribution is 0.194. The topological polar surface area (TPSA) is 55.7 Å². The Balaban J connectivity index is 1.48. The van der Waals surface area contributed by atoms with Crippen LogP contribution >= 0.6 is 11.3 Å². The summed E-state index contributed by atoms with van der Waals surface area (Å²) in [5, 5.41) is 4.22. The van der Waals surface area contributed by atoms with E-state index in [9.17, 15) is 9.18 Å². The van der Waals surface area contributed by atoms with Crippen molar-refractivity contribution < 1.29 is 18.7 Å². The average molecular weight is 518 g/mol. The molecule has 37 heavy (non-hydrogen) atoms. The van der Waals surface area contributed by atoms with Crippen molar-refractivity contribution in [2.75, 3.05) is 19.5 Å². The highest BCUT2D eigenvalue weighted by Gasteiger charge is 2.36. The van der Waals surface area contributed by atoms with Crippen LogP contribution in [0, 0.1) is 5.82 Å². The molecule has 2 aromatic heterocycles. The Kier molecular flexibility index (Phi) is 6.12. The molecule has 2 aromatic carbocycles. The Morgan fingerprint density at radius 2 is 1.89 bits per heavy atom. The molecule has 1 atom stereocenters. The van der Waals surface area contributed by atoms with Gasteiger partial charge in [0.25, 0.3) is 0 Å². The molecule has 4 aromatic rings. The number of benzene rings is 2. The van der Waals surface area contributed by atoms with Crippen LogP contribution in [0.2, 0.25) is 0 Å². The maximum atomic E-state index is 14.4. The van der Waals surface area contributed by atoms with Crippen molar-refractivity contribution in [1.29, 1.82) is 0 Å². The molecule has 190 valence electrons. The molecule has 1 aliphatic heterocycles. The zero-order valence-electron chi connectivity index (χ0n) is 20.8. The van der Waals surface area contributed by atoms with Crippen LogP contribution in [0.5, 0.6) is 11.5 Å². The van der Waals surface area contributed by atoms with Crippen molar-refractivity contribution in [2.24, 2.45) is 0 Å². The third-order valence-corrected chi connectivity index (χ3v) is 8.59. The zero-order valence-corrected chi connectivity index (χ0v) is 21.6. The van der Waals surface area contributed by atoms with E-state index in [1.165, 1.54) is 34.6 Å². The highest BCUT2D eigenvalue weighted by atomic mass is 32.1. The maximum Gasteiger partial charge on any atom is 0.323 e. The summed E-state index contributed by atoms with van der Waals surface area (Å²) in [7, 11) is 3.14. The number of methoxy groups -OCH3 is 2. The Morgan fingerprint density at radius 1 is 1.03 bits per heavy atom. The minimum atomic E-state index is -0.478. The molecule has 1 aliphatic carbocycles. The van der Waals surface area contributed by atoms with Gasteiger partial charge in [-0.1, -0.05) is 12.1 Å². The summed E-state index contributed by atoms with van der Waals surface area (Å²) in [6.45, 7) is 0.425. The van der Waals surface area contributed by atoms with Crippen molar-refractivity contribution in [1.82, 2.24) is 9.47 Å². The number of hydrogen-bond donors (Lipinski definition) is 1. The van der Waals surface area contributed by atoms with Crippen LogP contribution in [0.15, 0.2) is 60.8 Å². The second kappa shape index (κ2) is 9.59. The quantitative estimate of drug-likeness (QED) is 0.327. The lowest BCUT2D eigenvalue weighted by Crippen LogP contribution is -2.38. The highest BCUT2D eigenvalue weighted by molar-refractivity contribution is 7.15. The summed E-state index contributed by atoms with van der Waals surface area (Å²) in [6, 6.07) is 15.1. The fourth-order valence-electron chi connectivity index (χ4n) is 5.50. The third kappa shape index (κ3) is 4.15. The molecular formula is C29H28FN3O3S. The van der Waals surface area contributed by atoms with Crippen molar-refractivity contribution in [3.63, 3.8) is 0 Å². The number of nitrogens with one attached hydrogen (secondary N) is 1. The second-order valence-electron chi connectivity index (χ2n) is 9.38. The molecule has 2 aliphatic rings. The molecule has 0 radical (unpaired) electrons. The van der Waals surface area contributed by atoms with Gasteiger partial charge in [0.05, 0.1) is 38.2 Å². The first-order valence-corrected chi connectivity index (χ1v) is 13.2. The van der Waals surface area contributed by atoms with Crippen LogP contribution in [-0.2, 0) is 19.4 Å². The molecule has 0 saturated carbocycles. The van der Waals surface area contributed by atoms with Gasteiger partial charge >= 0.3 is 6.03 Å². The summed E-state index contributed by atoms with van der Waals surface area (Å²) in [4.78, 5) is 17.3. The summed E-state index contributed by atoms with van der Waals surface area (Å²) in [5.41, 5.74) is 4.75. The van der Waals surface area contributed by atoms with E-state index in [1.807, 2.05) is 34.4 Å². The summed E-state index contributed by atoms with van der Waals surface area (Å²) < 4.78 is 27.5. The normalized spacial score (nSPS) is 16.3. The Labute approximate surface area is 219 Å². The number of anilines is 1. The average Bonchev–Trinajstić information content (AvgIpc) is 3.50. The van der Waals surface area contributed by atoms with Crippen LogP contribution in [0.4, 0.5) is 14.9 Å². The van der Waals surface area contributed by atoms with E-state index in [0.29, 0.717) is 23.7 Å². The van der Waals surface area contributed by atoms with Crippen LogP contribution in [0.3, 0.4) is 0 Å². The highest BCUT2D eigenvalue weighted by Crippen LogP contribution is 2.44. The molecule has 0 spiro atoms. The van der Waals surface area contributed by atoms with Gasteiger partial charge in [0.15, 0.2) is 0 Å². The molecule has 0 fully saturated rings. The smallest absolute Gasteiger partial charge is 0.323 e. The maximum absolute atomic E-state index is 14.4. The molecule has 0 saturated heterocycles. The fourth-order valence-corrected chi connectivity index (χ4v) is 6.91. The number of thiophene rings is 1. The Morgan fingerprint density at radius 3 is 2.70 bits per heavy atom. The number of carbonyl (C=O) groups excluding carboxylic acids is 1. The van der Waals surface area contributed by atoms with Crippen molar-refractivity contribution >= 4 is 23.1 Å². The van der Waals surface area contributed by atoms with E-state index in [2.05, 4.69) is 16.1 Å². The largest absolute Gasteiger partial charge is 0.497 e. The van der Waals surface area contributed by atoms with Gasteiger partial charge in [-0.25, -0.2) is 9.18 Å². The van der Waals surface area contributed by atoms with Gasteiger partial charge in [0.2, 0.25) is 0 Å². The van der Waals surface area contributed by atoms with Crippen LogP contribution in [-0.4, -0.2) is 29.7 Å². The predicted molar refractivity (Wildman–Crippen MR) is 143 cm³/mol. The molecule has 2 amide bonds. The first kappa shape index (κ1) is 23.6. The molecular weight excluding hydrogens is 489 g/mol. The molecule has 3 heterocycles. The van der Waals surface area contributed by atoms with Gasteiger partial charge < -0.3 is 24.3 Å². The minimum absolute atomic E-state index is 0.283. The number of halogens is 1. The molecule has 8 heteroatoms. The SMILES string of the molecule is COc1ccc(NC(=O)N2Cc3c(sc4c3CCCC4)-n3cccc3[C@H]2c2cccc(F)c2)c(OC)c1. The Bertz CT molecular complexity index is 1480. The van der Waals surface area contributed by atoms with Crippen molar-refractivity contribution in [3.05, 3.63) is 93.9 Å². The van der Waals surface area contributed by atoms with Gasteiger partial charge in [-0.15, -0.1) is 11.3 Å². The van der Waals surface area contributed by atoms with E-state index in [0.717, 1.165) is 35.5 Å². The van der Waals surface area contributed by atoms with Crippen LogP contribution < -0.4 is 14.8 Å². The summed E-state index contributed by atoms with van der Waals surface area (Å²) >= 11 is 1.82. The zero-order chi connectivity index (χ0) is 25.5. The second-order valence-corrected chi connectivity index (χ2v) is 10.5. The third-order valence-electron chi connectivity index (χ3n) is 7.25. The summed E-state index contributed by atoms with van der Waals surface area (Å²) in [6.07, 6.45) is 6.49. The standard InChI is InChI=1S/C29H28FN3O3S/c1-35-20-12-13-23(25(16-20)36-2)31-29(34)33-17-22-21-9-3-4-11-26(21)37-28(22)32-14-6-10-24(32)27(33)18-7-5-8-19(30)15-18/h5-8,10,12-16,27H,3-4,9,11,17H2,1-2H3,(H,31,34)/t27-/m1/s1. The number of aryl methyl sites for hydroxylation is 1. The first-order valence-electron chi connectivity index (χ1n) is 12.4. The van der Waals surface area contributed by atoms with Gasteiger partial charge in [-0.2, -0.15) is 0 Å². The fraction of sp³-hybridized carbons (Fsp3) is 0.276.